The number of carbonyl (C=O) groups is 1. The maximum Gasteiger partial charge on any atom is 0.575 e. The Kier molecular flexibility index (Phi) is 4.55. The molecule has 0 aliphatic rings. The molecule has 0 atom stereocenters. The summed E-state index contributed by atoms with van der Waals surface area (Å²) in [6.07, 6.45) is -4.58. The van der Waals surface area contributed by atoms with E-state index in [1.54, 1.807) is 0 Å². The lowest BCUT2D eigenvalue weighted by Crippen LogP contribution is -2.19. The number of hydrogen-bond donors (Lipinski definition) is 0. The second-order valence-electron chi connectivity index (χ2n) is 2.19. The number of esters is 1. The van der Waals surface area contributed by atoms with E-state index < -0.39 is 16.1 Å². The number of hydrogen-bond acceptors (Lipinski definition) is 2. The first-order valence-corrected chi connectivity index (χ1v) is 4.21. The van der Waals surface area contributed by atoms with Gasteiger partial charge in [0, 0.05) is 6.08 Å². The zero-order chi connectivity index (χ0) is 11.6. The van der Waals surface area contributed by atoms with Gasteiger partial charge in [-0.15, -0.1) is 13.2 Å². The first-order valence-electron chi connectivity index (χ1n) is 3.07. The van der Waals surface area contributed by atoms with Crippen LogP contribution < -0.4 is 0 Å². The Morgan fingerprint density at radius 2 is 1.71 bits per heavy atom. The van der Waals surface area contributed by atoms with Gasteiger partial charge in [0.25, 0.3) is 0 Å². The molecule has 14 heavy (non-hydrogen) atoms. The number of rotatable bonds is 1. The number of alkyl halides is 6. The van der Waals surface area contributed by atoms with Crippen LogP contribution in [0.25, 0.3) is 0 Å². The largest absolute Gasteiger partial charge is 0.575 e. The van der Waals surface area contributed by atoms with E-state index in [1.165, 1.54) is 6.92 Å². The van der Waals surface area contributed by atoms with Crippen LogP contribution in [-0.4, -0.2) is 16.1 Å². The lowest BCUT2D eigenvalue weighted by molar-refractivity contribution is -0.303. The summed E-state index contributed by atoms with van der Waals surface area (Å²) < 4.78 is 35.5. The molecule has 0 radical (unpaired) electrons. The van der Waals surface area contributed by atoms with E-state index in [1.807, 2.05) is 0 Å². The third-order valence-electron chi connectivity index (χ3n) is 0.998. The van der Waals surface area contributed by atoms with E-state index in [4.69, 9.17) is 34.8 Å². The number of ether oxygens (including phenoxy) is 1. The minimum atomic E-state index is -5.04. The zero-order valence-electron chi connectivity index (χ0n) is 6.66. The molecule has 82 valence electrons. The molecular formula is C6H4Cl3F3O2. The molecule has 0 saturated heterocycles. The Morgan fingerprint density at radius 1 is 1.29 bits per heavy atom. The lowest BCUT2D eigenvalue weighted by atomic mass is 10.3. The molecule has 2 nitrogen and oxygen atoms in total. The van der Waals surface area contributed by atoms with Crippen molar-refractivity contribution >= 4 is 40.8 Å². The maximum atomic E-state index is 11.5. The van der Waals surface area contributed by atoms with Gasteiger partial charge < -0.3 is 4.74 Å². The van der Waals surface area contributed by atoms with Gasteiger partial charge in [-0.25, -0.2) is 4.79 Å². The molecule has 0 bridgehead atoms. The highest BCUT2D eigenvalue weighted by Crippen LogP contribution is 2.34. The van der Waals surface area contributed by atoms with Crippen LogP contribution in [0.3, 0.4) is 0 Å². The molecular weight excluding hydrogens is 267 g/mol. The standard InChI is InChI=1S/C6H4Cl3F3O2/c1-3(5(7,8)9)2-4(13)14-6(10,11)12/h2H,1H3/b3-2-. The van der Waals surface area contributed by atoms with E-state index >= 15 is 0 Å². The van der Waals surface area contributed by atoms with E-state index in [2.05, 4.69) is 4.74 Å². The van der Waals surface area contributed by atoms with Crippen molar-refractivity contribution in [3.63, 3.8) is 0 Å². The number of allylic oxidation sites excluding steroid dienone is 1. The van der Waals surface area contributed by atoms with Crippen LogP contribution in [0.15, 0.2) is 11.6 Å². The second-order valence-corrected chi connectivity index (χ2v) is 4.47. The molecule has 0 aliphatic carbocycles. The molecule has 0 amide bonds. The Hall–Kier alpha value is -0.130. The van der Waals surface area contributed by atoms with Crippen molar-refractivity contribution in [1.29, 1.82) is 0 Å². The monoisotopic (exact) mass is 270 g/mol. The molecule has 0 spiro atoms. The van der Waals surface area contributed by atoms with Crippen molar-refractivity contribution in [1.82, 2.24) is 0 Å². The van der Waals surface area contributed by atoms with Crippen LogP contribution >= 0.6 is 34.8 Å². The summed E-state index contributed by atoms with van der Waals surface area (Å²) in [6.45, 7) is 1.19. The molecule has 8 heteroatoms. The molecule has 0 saturated carbocycles. The minimum Gasteiger partial charge on any atom is -0.370 e. The predicted molar refractivity (Wildman–Crippen MR) is 46.2 cm³/mol. The first-order chi connectivity index (χ1) is 6.02. The Balaban J connectivity index is 4.46. The molecule has 0 aliphatic heterocycles. The fraction of sp³-hybridized carbons (Fsp3) is 0.500. The quantitative estimate of drug-likeness (QED) is 0.415. The summed E-state index contributed by atoms with van der Waals surface area (Å²) in [6, 6.07) is 0. The third kappa shape index (κ3) is 6.34. The van der Waals surface area contributed by atoms with Crippen LogP contribution in [-0.2, 0) is 9.53 Å². The first kappa shape index (κ1) is 13.9. The van der Waals surface area contributed by atoms with E-state index in [-0.39, 0.29) is 5.57 Å². The predicted octanol–water partition coefficient (Wildman–Crippen LogP) is 3.37. The smallest absolute Gasteiger partial charge is 0.370 e. The van der Waals surface area contributed by atoms with Gasteiger partial charge in [-0.1, -0.05) is 34.8 Å². The second kappa shape index (κ2) is 4.59. The number of halogens is 6. The Morgan fingerprint density at radius 3 is 2.00 bits per heavy atom. The summed E-state index contributed by atoms with van der Waals surface area (Å²) in [4.78, 5) is 10.5. The minimum absolute atomic E-state index is 0.170. The molecule has 0 heterocycles. The van der Waals surface area contributed by atoms with Crippen LogP contribution in [0, 0.1) is 0 Å². The van der Waals surface area contributed by atoms with Crippen molar-refractivity contribution < 1.29 is 22.7 Å². The van der Waals surface area contributed by atoms with E-state index in [9.17, 15) is 18.0 Å². The van der Waals surface area contributed by atoms with E-state index in [0.717, 1.165) is 0 Å². The van der Waals surface area contributed by atoms with Crippen molar-refractivity contribution in [3.8, 4) is 0 Å². The van der Waals surface area contributed by atoms with Gasteiger partial charge in [-0.2, -0.15) is 0 Å². The van der Waals surface area contributed by atoms with Crippen LogP contribution in [0.5, 0.6) is 0 Å². The molecule has 0 fully saturated rings. The normalized spacial score (nSPS) is 14.1. The highest BCUT2D eigenvalue weighted by molar-refractivity contribution is 6.69. The lowest BCUT2D eigenvalue weighted by Gasteiger charge is -2.11. The number of carbonyl (C=O) groups excluding carboxylic acids is 1. The van der Waals surface area contributed by atoms with Crippen molar-refractivity contribution in [2.24, 2.45) is 0 Å². The maximum absolute atomic E-state index is 11.5. The van der Waals surface area contributed by atoms with Crippen molar-refractivity contribution in [2.75, 3.05) is 0 Å². The summed E-state index contributed by atoms with van der Waals surface area (Å²) in [5, 5.41) is 0. The van der Waals surface area contributed by atoms with Gasteiger partial charge in [0.05, 0.1) is 0 Å². The summed E-state index contributed by atoms with van der Waals surface area (Å²) in [5.41, 5.74) is -0.170. The van der Waals surface area contributed by atoms with Crippen LogP contribution in [0.1, 0.15) is 6.92 Å². The van der Waals surface area contributed by atoms with Gasteiger partial charge in [0.15, 0.2) is 0 Å². The van der Waals surface area contributed by atoms with Gasteiger partial charge in [0.1, 0.15) is 0 Å². The highest BCUT2D eigenvalue weighted by atomic mass is 35.6. The van der Waals surface area contributed by atoms with Gasteiger partial charge in [-0.05, 0) is 12.5 Å². The van der Waals surface area contributed by atoms with Crippen LogP contribution in [0.4, 0.5) is 13.2 Å². The van der Waals surface area contributed by atoms with Gasteiger partial charge in [-0.3, -0.25) is 0 Å². The SMILES string of the molecule is C/C(=C/C(=O)OC(F)(F)F)C(Cl)(Cl)Cl. The third-order valence-corrected chi connectivity index (χ3v) is 1.89. The van der Waals surface area contributed by atoms with Crippen molar-refractivity contribution in [2.45, 2.75) is 17.1 Å². The highest BCUT2D eigenvalue weighted by Gasteiger charge is 2.34. The summed E-state index contributed by atoms with van der Waals surface area (Å²) in [7, 11) is 0. The van der Waals surface area contributed by atoms with Crippen LogP contribution in [0.2, 0.25) is 0 Å². The molecule has 0 aromatic carbocycles. The Labute approximate surface area is 92.6 Å². The molecule has 0 unspecified atom stereocenters. The Bertz CT molecular complexity index is 254. The molecule has 0 aromatic heterocycles. The van der Waals surface area contributed by atoms with Gasteiger partial charge >= 0.3 is 12.3 Å². The molecule has 0 N–H and O–H groups in total. The topological polar surface area (TPSA) is 26.3 Å². The average molecular weight is 271 g/mol. The fourth-order valence-corrected chi connectivity index (χ4v) is 0.566. The van der Waals surface area contributed by atoms with E-state index in [0.29, 0.717) is 6.08 Å². The average Bonchev–Trinajstić information content (AvgIpc) is 1.79. The zero-order valence-corrected chi connectivity index (χ0v) is 8.93. The molecule has 0 rings (SSSR count). The molecule has 0 aromatic rings. The van der Waals surface area contributed by atoms with Crippen molar-refractivity contribution in [3.05, 3.63) is 11.6 Å². The summed E-state index contributed by atoms with van der Waals surface area (Å²) in [5.74, 6) is -1.64. The fourth-order valence-electron chi connectivity index (χ4n) is 0.402. The van der Waals surface area contributed by atoms with Gasteiger partial charge in [0.2, 0.25) is 3.79 Å². The summed E-state index contributed by atoms with van der Waals surface area (Å²) >= 11 is 15.8.